The van der Waals surface area contributed by atoms with Crippen molar-refractivity contribution in [3.05, 3.63) is 59.2 Å². The van der Waals surface area contributed by atoms with Crippen molar-refractivity contribution in [2.24, 2.45) is 5.73 Å². The van der Waals surface area contributed by atoms with E-state index in [-0.39, 0.29) is 6.54 Å². The Morgan fingerprint density at radius 1 is 0.852 bits per heavy atom. The van der Waals surface area contributed by atoms with Gasteiger partial charge in [0.15, 0.2) is 11.5 Å². The fourth-order valence-electron chi connectivity index (χ4n) is 2.41. The van der Waals surface area contributed by atoms with E-state index in [9.17, 15) is 14.4 Å². The second-order valence-corrected chi connectivity index (χ2v) is 5.68. The Morgan fingerprint density at radius 3 is 2.11 bits per heavy atom. The Morgan fingerprint density at radius 2 is 1.44 bits per heavy atom. The maximum Gasteiger partial charge on any atom is 0.312 e. The molecular formula is C18H18N4O5. The fourth-order valence-corrected chi connectivity index (χ4v) is 2.41. The van der Waals surface area contributed by atoms with Crippen molar-refractivity contribution in [2.45, 2.75) is 6.54 Å². The topological polar surface area (TPSA) is 132 Å². The standard InChI is InChI=1S/C18H18N4O5/c19-18(25)20-10-11-1-3-12(4-2-11)16(23)21-22-17(24)13-5-6-14-15(9-13)27-8-7-26-14/h1-6,9H,7-8,10H2,(H,21,23)(H,22,24)(H3,19,20,25). The molecule has 3 rings (SSSR count). The zero-order chi connectivity index (χ0) is 19.2. The minimum Gasteiger partial charge on any atom is -0.486 e. The van der Waals surface area contributed by atoms with E-state index in [0.717, 1.165) is 5.56 Å². The summed E-state index contributed by atoms with van der Waals surface area (Å²) in [4.78, 5) is 35.0. The lowest BCUT2D eigenvalue weighted by molar-refractivity contribution is 0.0846. The Hall–Kier alpha value is -3.75. The molecule has 0 aromatic heterocycles. The lowest BCUT2D eigenvalue weighted by Crippen LogP contribution is -2.41. The SMILES string of the molecule is NC(=O)NCc1ccc(C(=O)NNC(=O)c2ccc3c(c2)OCCO3)cc1. The van der Waals surface area contributed by atoms with Gasteiger partial charge in [0, 0.05) is 17.7 Å². The molecule has 0 bridgehead atoms. The summed E-state index contributed by atoms with van der Waals surface area (Å²) >= 11 is 0. The Labute approximate surface area is 154 Å². The van der Waals surface area contributed by atoms with E-state index in [2.05, 4.69) is 16.2 Å². The van der Waals surface area contributed by atoms with E-state index >= 15 is 0 Å². The molecule has 1 heterocycles. The van der Waals surface area contributed by atoms with Crippen molar-refractivity contribution in [3.8, 4) is 11.5 Å². The predicted octanol–water partition coefficient (Wildman–Crippen LogP) is 0.701. The van der Waals surface area contributed by atoms with Crippen molar-refractivity contribution in [2.75, 3.05) is 13.2 Å². The number of nitrogens with one attached hydrogen (secondary N) is 3. The number of primary amides is 1. The third-order valence-corrected chi connectivity index (χ3v) is 3.78. The van der Waals surface area contributed by atoms with Crippen LogP contribution in [0.25, 0.3) is 0 Å². The van der Waals surface area contributed by atoms with Crippen molar-refractivity contribution < 1.29 is 23.9 Å². The number of benzene rings is 2. The second kappa shape index (κ2) is 8.09. The number of hydrogen-bond acceptors (Lipinski definition) is 5. The summed E-state index contributed by atoms with van der Waals surface area (Å²) < 4.78 is 10.8. The van der Waals surface area contributed by atoms with Gasteiger partial charge in [0.25, 0.3) is 11.8 Å². The summed E-state index contributed by atoms with van der Waals surface area (Å²) in [5.41, 5.74) is 11.2. The summed E-state index contributed by atoms with van der Waals surface area (Å²) in [5, 5.41) is 2.45. The van der Waals surface area contributed by atoms with Crippen LogP contribution in [0.2, 0.25) is 0 Å². The quantitative estimate of drug-likeness (QED) is 0.588. The van der Waals surface area contributed by atoms with Gasteiger partial charge in [0.05, 0.1) is 0 Å². The number of amides is 4. The van der Waals surface area contributed by atoms with E-state index in [0.29, 0.717) is 35.8 Å². The van der Waals surface area contributed by atoms with Gasteiger partial charge in [-0.1, -0.05) is 12.1 Å². The Kier molecular flexibility index (Phi) is 5.41. The van der Waals surface area contributed by atoms with E-state index in [1.807, 2.05) is 0 Å². The first-order chi connectivity index (χ1) is 13.0. The molecule has 0 atom stereocenters. The van der Waals surface area contributed by atoms with Crippen molar-refractivity contribution >= 4 is 17.8 Å². The molecule has 0 unspecified atom stereocenters. The van der Waals surface area contributed by atoms with Crippen molar-refractivity contribution in [3.63, 3.8) is 0 Å². The van der Waals surface area contributed by atoms with Crippen LogP contribution in [-0.2, 0) is 6.54 Å². The van der Waals surface area contributed by atoms with Crippen LogP contribution in [0.15, 0.2) is 42.5 Å². The van der Waals surface area contributed by atoms with Crippen LogP contribution in [0.1, 0.15) is 26.3 Å². The van der Waals surface area contributed by atoms with Crippen LogP contribution in [0.3, 0.4) is 0 Å². The van der Waals surface area contributed by atoms with E-state index in [1.165, 1.54) is 0 Å². The molecule has 1 aliphatic heterocycles. The molecule has 2 aromatic rings. The Bertz CT molecular complexity index is 867. The van der Waals surface area contributed by atoms with Gasteiger partial charge in [-0.2, -0.15) is 0 Å². The number of ether oxygens (including phenoxy) is 2. The monoisotopic (exact) mass is 370 g/mol. The van der Waals surface area contributed by atoms with Gasteiger partial charge in [0.1, 0.15) is 13.2 Å². The summed E-state index contributed by atoms with van der Waals surface area (Å²) in [5.74, 6) is 0.103. The summed E-state index contributed by atoms with van der Waals surface area (Å²) in [6, 6.07) is 10.6. The van der Waals surface area contributed by atoms with Crippen LogP contribution in [0.5, 0.6) is 11.5 Å². The number of carbonyl (C=O) groups excluding carboxylic acids is 3. The van der Waals surface area contributed by atoms with Gasteiger partial charge in [-0.3, -0.25) is 20.4 Å². The summed E-state index contributed by atoms with van der Waals surface area (Å²) in [6.45, 7) is 1.14. The van der Waals surface area contributed by atoms with Crippen LogP contribution in [-0.4, -0.2) is 31.1 Å². The molecule has 2 aromatic carbocycles. The zero-order valence-corrected chi connectivity index (χ0v) is 14.3. The Balaban J connectivity index is 1.55. The number of carbonyl (C=O) groups is 3. The average Bonchev–Trinajstić information content (AvgIpc) is 2.70. The van der Waals surface area contributed by atoms with Gasteiger partial charge < -0.3 is 20.5 Å². The first kappa shape index (κ1) is 18.1. The third-order valence-electron chi connectivity index (χ3n) is 3.78. The number of rotatable bonds is 4. The smallest absolute Gasteiger partial charge is 0.312 e. The van der Waals surface area contributed by atoms with Crippen LogP contribution in [0, 0.1) is 0 Å². The highest BCUT2D eigenvalue weighted by Crippen LogP contribution is 2.30. The highest BCUT2D eigenvalue weighted by Gasteiger charge is 2.15. The molecule has 4 amide bonds. The number of urea groups is 1. The van der Waals surface area contributed by atoms with Crippen LogP contribution >= 0.6 is 0 Å². The number of nitrogens with two attached hydrogens (primary N) is 1. The molecule has 5 N–H and O–H groups in total. The summed E-state index contributed by atoms with van der Waals surface area (Å²) in [7, 11) is 0. The van der Waals surface area contributed by atoms with Crippen LogP contribution in [0.4, 0.5) is 4.79 Å². The predicted molar refractivity (Wildman–Crippen MR) is 95.2 cm³/mol. The van der Waals surface area contributed by atoms with E-state index in [4.69, 9.17) is 15.2 Å². The summed E-state index contributed by atoms with van der Waals surface area (Å²) in [6.07, 6.45) is 0. The third kappa shape index (κ3) is 4.66. The molecule has 27 heavy (non-hydrogen) atoms. The maximum absolute atomic E-state index is 12.2. The minimum absolute atomic E-state index is 0.262. The van der Waals surface area contributed by atoms with Gasteiger partial charge in [0.2, 0.25) is 0 Å². The molecule has 140 valence electrons. The molecule has 9 nitrogen and oxygen atoms in total. The molecule has 0 fully saturated rings. The lowest BCUT2D eigenvalue weighted by atomic mass is 10.1. The minimum atomic E-state index is -0.626. The molecule has 0 spiro atoms. The van der Waals surface area contributed by atoms with E-state index in [1.54, 1.807) is 42.5 Å². The largest absolute Gasteiger partial charge is 0.486 e. The first-order valence-electron chi connectivity index (χ1n) is 8.15. The molecule has 1 aliphatic rings. The molecular weight excluding hydrogens is 352 g/mol. The lowest BCUT2D eigenvalue weighted by Gasteiger charge is -2.18. The highest BCUT2D eigenvalue weighted by molar-refractivity contribution is 5.99. The van der Waals surface area contributed by atoms with Gasteiger partial charge in [-0.05, 0) is 35.9 Å². The number of hydrazine groups is 1. The second-order valence-electron chi connectivity index (χ2n) is 5.68. The van der Waals surface area contributed by atoms with Gasteiger partial charge in [-0.25, -0.2) is 4.79 Å². The van der Waals surface area contributed by atoms with Crippen molar-refractivity contribution in [1.29, 1.82) is 0 Å². The molecule has 0 aliphatic carbocycles. The normalized spacial score (nSPS) is 12.0. The van der Waals surface area contributed by atoms with Gasteiger partial charge >= 0.3 is 6.03 Å². The first-order valence-corrected chi connectivity index (χ1v) is 8.15. The zero-order valence-electron chi connectivity index (χ0n) is 14.3. The average molecular weight is 370 g/mol. The molecule has 0 radical (unpaired) electrons. The molecule has 0 saturated carbocycles. The van der Waals surface area contributed by atoms with Gasteiger partial charge in [-0.15, -0.1) is 0 Å². The highest BCUT2D eigenvalue weighted by atomic mass is 16.6. The molecule has 0 saturated heterocycles. The van der Waals surface area contributed by atoms with Crippen molar-refractivity contribution in [1.82, 2.24) is 16.2 Å². The maximum atomic E-state index is 12.2. The van der Waals surface area contributed by atoms with E-state index < -0.39 is 17.8 Å². The number of hydrogen-bond donors (Lipinski definition) is 4. The van der Waals surface area contributed by atoms with Crippen LogP contribution < -0.4 is 31.4 Å². The molecule has 9 heteroatoms. The fraction of sp³-hybridized carbons (Fsp3) is 0.167. The number of fused-ring (bicyclic) bond motifs is 1.